The Morgan fingerprint density at radius 3 is 2.34 bits per heavy atom. The van der Waals surface area contributed by atoms with Crippen LogP contribution in [-0.2, 0) is 16.6 Å². The smallest absolute Gasteiger partial charge is 0.266 e. The van der Waals surface area contributed by atoms with E-state index in [1.807, 2.05) is 19.9 Å². The third-order valence-corrected chi connectivity index (χ3v) is 6.61. The van der Waals surface area contributed by atoms with Crippen LogP contribution in [0.15, 0.2) is 40.0 Å². The summed E-state index contributed by atoms with van der Waals surface area (Å²) < 4.78 is 30.2. The molecule has 8 nitrogen and oxygen atoms in total. The fraction of sp³-hybridized carbons (Fsp3) is 0.235. The van der Waals surface area contributed by atoms with Crippen LogP contribution in [0.4, 0.5) is 0 Å². The van der Waals surface area contributed by atoms with Crippen molar-refractivity contribution in [1.82, 2.24) is 24.3 Å². The van der Waals surface area contributed by atoms with E-state index in [4.69, 9.17) is 34.8 Å². The average molecular weight is 477 g/mol. The molecule has 2 heterocycles. The molecule has 3 rings (SSSR count). The van der Waals surface area contributed by atoms with Gasteiger partial charge in [-0.15, -0.1) is 5.10 Å². The standard InChI is InChI=1S/C17H16Cl3N5O3S/c1-10-7-11(2)25(22-10)16-3-4-17(26)24(23-16)6-5-21-29(27,28)15-9-13(19)12(18)8-14(15)20/h3-4,7-9,21H,5-6H2,1-2H3. The summed E-state index contributed by atoms with van der Waals surface area (Å²) in [5.74, 6) is 0.450. The maximum atomic E-state index is 12.5. The van der Waals surface area contributed by atoms with Crippen LogP contribution in [0.5, 0.6) is 0 Å². The van der Waals surface area contributed by atoms with Gasteiger partial charge in [-0.2, -0.15) is 5.10 Å². The first kappa shape index (κ1) is 21.8. The molecule has 29 heavy (non-hydrogen) atoms. The summed E-state index contributed by atoms with van der Waals surface area (Å²) in [5, 5.41) is 8.73. The molecule has 1 aromatic carbocycles. The molecule has 0 fully saturated rings. The van der Waals surface area contributed by atoms with Crippen molar-refractivity contribution in [3.05, 3.63) is 67.1 Å². The number of aryl methyl sites for hydroxylation is 2. The Kier molecular flexibility index (Phi) is 6.35. The molecule has 0 saturated carbocycles. The Morgan fingerprint density at radius 1 is 1.00 bits per heavy atom. The van der Waals surface area contributed by atoms with E-state index in [2.05, 4.69) is 14.9 Å². The molecule has 0 aliphatic heterocycles. The molecular weight excluding hydrogens is 461 g/mol. The zero-order valence-electron chi connectivity index (χ0n) is 15.4. The fourth-order valence-electron chi connectivity index (χ4n) is 2.65. The maximum absolute atomic E-state index is 12.5. The van der Waals surface area contributed by atoms with Crippen molar-refractivity contribution in [3.63, 3.8) is 0 Å². The minimum absolute atomic E-state index is 0.00411. The van der Waals surface area contributed by atoms with E-state index < -0.39 is 10.0 Å². The summed E-state index contributed by atoms with van der Waals surface area (Å²) in [6.45, 7) is 3.63. The molecule has 0 unspecified atom stereocenters. The van der Waals surface area contributed by atoms with Crippen molar-refractivity contribution in [2.45, 2.75) is 25.3 Å². The number of halogens is 3. The SMILES string of the molecule is Cc1cc(C)n(-c2ccc(=O)n(CCNS(=O)(=O)c3cc(Cl)c(Cl)cc3Cl)n2)n1. The maximum Gasteiger partial charge on any atom is 0.266 e. The van der Waals surface area contributed by atoms with Gasteiger partial charge in [0.25, 0.3) is 5.56 Å². The monoisotopic (exact) mass is 475 g/mol. The molecule has 0 atom stereocenters. The Balaban J connectivity index is 1.78. The second-order valence-electron chi connectivity index (χ2n) is 6.19. The van der Waals surface area contributed by atoms with Gasteiger partial charge >= 0.3 is 0 Å². The Hall–Kier alpha value is -1.91. The Labute approximate surface area is 182 Å². The van der Waals surface area contributed by atoms with E-state index in [9.17, 15) is 13.2 Å². The molecule has 0 bridgehead atoms. The van der Waals surface area contributed by atoms with Gasteiger partial charge in [-0.05, 0) is 38.1 Å². The summed E-state index contributed by atoms with van der Waals surface area (Å²) in [6, 6.07) is 7.21. The largest absolute Gasteiger partial charge is 0.268 e. The zero-order valence-corrected chi connectivity index (χ0v) is 18.4. The number of benzene rings is 1. The molecule has 12 heteroatoms. The lowest BCUT2D eigenvalue weighted by Gasteiger charge is -2.11. The van der Waals surface area contributed by atoms with Crippen LogP contribution in [0.2, 0.25) is 15.1 Å². The molecule has 3 aromatic rings. The van der Waals surface area contributed by atoms with Crippen LogP contribution in [0.1, 0.15) is 11.4 Å². The lowest BCUT2D eigenvalue weighted by molar-refractivity contribution is 0.541. The van der Waals surface area contributed by atoms with Crippen LogP contribution in [0.3, 0.4) is 0 Å². The van der Waals surface area contributed by atoms with Gasteiger partial charge in [-0.25, -0.2) is 22.5 Å². The van der Waals surface area contributed by atoms with E-state index in [1.54, 1.807) is 10.7 Å². The van der Waals surface area contributed by atoms with Gasteiger partial charge in [-0.3, -0.25) is 4.79 Å². The number of sulfonamides is 1. The average Bonchev–Trinajstić information content (AvgIpc) is 2.97. The van der Waals surface area contributed by atoms with Gasteiger partial charge in [0.05, 0.1) is 27.3 Å². The molecule has 0 spiro atoms. The van der Waals surface area contributed by atoms with Gasteiger partial charge in [-0.1, -0.05) is 34.8 Å². The fourth-order valence-corrected chi connectivity index (χ4v) is 4.67. The van der Waals surface area contributed by atoms with Crippen molar-refractivity contribution in [1.29, 1.82) is 0 Å². The number of rotatable bonds is 6. The third kappa shape index (κ3) is 4.81. The molecule has 1 N–H and O–H groups in total. The van der Waals surface area contributed by atoms with E-state index in [0.29, 0.717) is 5.82 Å². The summed E-state index contributed by atoms with van der Waals surface area (Å²) in [7, 11) is -3.96. The number of aromatic nitrogens is 4. The molecule has 154 valence electrons. The van der Waals surface area contributed by atoms with Gasteiger partial charge in [0, 0.05) is 18.3 Å². The van der Waals surface area contributed by atoms with Gasteiger partial charge < -0.3 is 0 Å². The van der Waals surface area contributed by atoms with Gasteiger partial charge in [0.2, 0.25) is 10.0 Å². The number of nitrogens with zero attached hydrogens (tertiary/aromatic N) is 4. The Morgan fingerprint density at radius 2 is 1.69 bits per heavy atom. The predicted molar refractivity (Wildman–Crippen MR) is 112 cm³/mol. The van der Waals surface area contributed by atoms with Crippen LogP contribution >= 0.6 is 34.8 Å². The van der Waals surface area contributed by atoms with Crippen LogP contribution in [-0.4, -0.2) is 34.5 Å². The topological polar surface area (TPSA) is 98.9 Å². The molecule has 0 aliphatic rings. The van der Waals surface area contributed by atoms with Gasteiger partial charge in [0.15, 0.2) is 5.82 Å². The second-order valence-corrected chi connectivity index (χ2v) is 9.14. The lowest BCUT2D eigenvalue weighted by atomic mass is 10.4. The molecular formula is C17H16Cl3N5O3S. The Bertz CT molecular complexity index is 1240. The highest BCUT2D eigenvalue weighted by Gasteiger charge is 2.20. The number of hydrogen-bond donors (Lipinski definition) is 1. The van der Waals surface area contributed by atoms with Crippen molar-refractivity contribution in [2.75, 3.05) is 6.54 Å². The summed E-state index contributed by atoms with van der Waals surface area (Å²) in [4.78, 5) is 11.9. The summed E-state index contributed by atoms with van der Waals surface area (Å²) in [6.07, 6.45) is 0. The van der Waals surface area contributed by atoms with Crippen LogP contribution < -0.4 is 10.3 Å². The highest BCUT2D eigenvalue weighted by atomic mass is 35.5. The molecule has 0 radical (unpaired) electrons. The van der Waals surface area contributed by atoms with E-state index in [1.165, 1.54) is 18.2 Å². The van der Waals surface area contributed by atoms with E-state index in [-0.39, 0.29) is 38.6 Å². The predicted octanol–water partition coefficient (Wildman–Crippen LogP) is 2.98. The van der Waals surface area contributed by atoms with Crippen molar-refractivity contribution < 1.29 is 8.42 Å². The van der Waals surface area contributed by atoms with Crippen LogP contribution in [0.25, 0.3) is 5.82 Å². The summed E-state index contributed by atoms with van der Waals surface area (Å²) >= 11 is 17.7. The molecule has 2 aromatic heterocycles. The van der Waals surface area contributed by atoms with Crippen molar-refractivity contribution >= 4 is 44.8 Å². The normalized spacial score (nSPS) is 11.8. The van der Waals surface area contributed by atoms with E-state index in [0.717, 1.165) is 16.1 Å². The minimum Gasteiger partial charge on any atom is -0.268 e. The second kappa shape index (κ2) is 8.45. The lowest BCUT2D eigenvalue weighted by Crippen LogP contribution is -2.32. The van der Waals surface area contributed by atoms with E-state index >= 15 is 0 Å². The highest BCUT2D eigenvalue weighted by molar-refractivity contribution is 7.89. The molecule has 0 saturated heterocycles. The van der Waals surface area contributed by atoms with Gasteiger partial charge in [0.1, 0.15) is 4.90 Å². The zero-order chi connectivity index (χ0) is 21.3. The molecule has 0 aliphatic carbocycles. The first-order valence-corrected chi connectivity index (χ1v) is 11.0. The minimum atomic E-state index is -3.96. The first-order chi connectivity index (χ1) is 13.6. The summed E-state index contributed by atoms with van der Waals surface area (Å²) in [5.41, 5.74) is 1.30. The third-order valence-electron chi connectivity index (χ3n) is 3.96. The molecule has 0 amide bonds. The highest BCUT2D eigenvalue weighted by Crippen LogP contribution is 2.31. The first-order valence-electron chi connectivity index (χ1n) is 8.34. The van der Waals surface area contributed by atoms with Crippen LogP contribution in [0, 0.1) is 13.8 Å². The van der Waals surface area contributed by atoms with Crippen molar-refractivity contribution in [2.24, 2.45) is 0 Å². The van der Waals surface area contributed by atoms with Crippen molar-refractivity contribution in [3.8, 4) is 5.82 Å². The quantitative estimate of drug-likeness (QED) is 0.551. The number of nitrogens with one attached hydrogen (secondary N) is 1. The number of hydrogen-bond acceptors (Lipinski definition) is 5.